The molecule has 0 saturated heterocycles. The molecule has 2 aromatic heterocycles. The Morgan fingerprint density at radius 2 is 1.04 bits per heavy atom. The van der Waals surface area contributed by atoms with Gasteiger partial charge < -0.3 is 40.9 Å². The molecule has 143 valence electrons. The Hall–Kier alpha value is -1.37. The maximum Gasteiger partial charge on any atom is 2.00 e. The van der Waals surface area contributed by atoms with E-state index in [9.17, 15) is 29.3 Å². The van der Waals surface area contributed by atoms with Crippen LogP contribution in [0.4, 0.5) is 0 Å². The van der Waals surface area contributed by atoms with Crippen molar-refractivity contribution in [1.82, 2.24) is 0 Å². The summed E-state index contributed by atoms with van der Waals surface area (Å²) in [6, 6.07) is 7.49. The number of hydrogen-bond acceptors (Lipinski definition) is 6. The molecule has 15 heteroatoms. The van der Waals surface area contributed by atoms with Crippen LogP contribution >= 0.6 is 15.2 Å². The van der Waals surface area contributed by atoms with Gasteiger partial charge in [0.25, 0.3) is 10.9 Å². The zero-order valence-electron chi connectivity index (χ0n) is 12.2. The van der Waals surface area contributed by atoms with Gasteiger partial charge in [-0.3, -0.25) is 9.13 Å². The third-order valence-electron chi connectivity index (χ3n) is 2.19. The van der Waals surface area contributed by atoms with Crippen LogP contribution in [0.3, 0.4) is 0 Å². The van der Waals surface area contributed by atoms with Gasteiger partial charge in [-0.15, -0.1) is 0 Å². The zero-order chi connectivity index (χ0) is 17.0. The fraction of sp³-hybridized carbons (Fsp3) is 0. The molecule has 8 N–H and O–H groups in total. The molecular formula is C10H16CoN2O10P2+2. The smallest absolute Gasteiger partial charge is 0.771 e. The molecule has 2 rings (SSSR count). The predicted molar refractivity (Wildman–Crippen MR) is 79.5 cm³/mol. The molecule has 2 aromatic rings. The van der Waals surface area contributed by atoms with Crippen LogP contribution < -0.4 is 30.1 Å². The molecule has 0 spiro atoms. The van der Waals surface area contributed by atoms with Crippen LogP contribution in [0, 0.1) is 10.4 Å². The largest absolute Gasteiger partial charge is 2.00 e. The van der Waals surface area contributed by atoms with Crippen LogP contribution in [0.15, 0.2) is 48.8 Å². The number of hydrogen-bond donors (Lipinski definition) is 2. The average Bonchev–Trinajstić information content (AvgIpc) is 2.37. The normalized spacial score (nSPS) is 13.9. The van der Waals surface area contributed by atoms with E-state index < -0.39 is 26.1 Å². The minimum Gasteiger partial charge on any atom is -0.771 e. The summed E-state index contributed by atoms with van der Waals surface area (Å²) in [5.41, 5.74) is -1.28. The van der Waals surface area contributed by atoms with E-state index in [1.54, 1.807) is 0 Å². The van der Waals surface area contributed by atoms with Crippen molar-refractivity contribution in [2.45, 2.75) is 0 Å². The molecule has 1 radical (unpaired) electrons. The molecule has 0 bridgehead atoms. The van der Waals surface area contributed by atoms with Gasteiger partial charge in [-0.1, -0.05) is 0 Å². The maximum atomic E-state index is 10.7. The molecule has 0 saturated carbocycles. The fourth-order valence-corrected chi connectivity index (χ4v) is 2.46. The van der Waals surface area contributed by atoms with Crippen LogP contribution in [0.1, 0.15) is 0 Å². The van der Waals surface area contributed by atoms with E-state index in [0.717, 1.165) is 24.5 Å². The second-order valence-corrected chi connectivity index (χ2v) is 6.81. The molecule has 25 heavy (non-hydrogen) atoms. The Bertz CT molecular complexity index is 686. The van der Waals surface area contributed by atoms with Crippen molar-refractivity contribution in [3.63, 3.8) is 0 Å². The second kappa shape index (κ2) is 11.3. The van der Waals surface area contributed by atoms with Gasteiger partial charge in [0.05, 0.1) is 0 Å². The van der Waals surface area contributed by atoms with Crippen molar-refractivity contribution < 1.29 is 65.9 Å². The van der Waals surface area contributed by atoms with Crippen LogP contribution in [0.5, 0.6) is 0 Å². The minimum absolute atomic E-state index is 0. The summed E-state index contributed by atoms with van der Waals surface area (Å²) in [5.74, 6) is 0. The molecule has 0 aliphatic heterocycles. The van der Waals surface area contributed by atoms with Gasteiger partial charge in [-0.05, 0) is 12.1 Å². The number of nitrogens with zero attached hydrogens (tertiary/aromatic N) is 2. The summed E-state index contributed by atoms with van der Waals surface area (Å²) >= 11 is 0. The summed E-state index contributed by atoms with van der Waals surface area (Å²) in [6.07, 6.45) is 1.99. The maximum absolute atomic E-state index is 10.7. The summed E-state index contributed by atoms with van der Waals surface area (Å²) in [7, 11) is -9.31. The Morgan fingerprint density at radius 1 is 0.760 bits per heavy atom. The van der Waals surface area contributed by atoms with Gasteiger partial charge in [0.15, 0.2) is 12.4 Å². The standard InChI is InChI=1S/2C5H6NO4P.Co.2H2O/c2*7-6-4-2-1-3-5(6)11(8,9)10;;;/h2*1-4H,(H2,8,9,10);;2*1H2/q;;+2;;. The molecule has 2 unspecified atom stereocenters. The van der Waals surface area contributed by atoms with Crippen LogP contribution in [0.25, 0.3) is 0 Å². The van der Waals surface area contributed by atoms with E-state index in [4.69, 9.17) is 9.79 Å². The Kier molecular flexibility index (Phi) is 12.8. The van der Waals surface area contributed by atoms with Crippen molar-refractivity contribution in [3.05, 3.63) is 59.2 Å². The Labute approximate surface area is 151 Å². The molecule has 0 fully saturated rings. The second-order valence-electron chi connectivity index (χ2n) is 3.81. The fourth-order valence-electron chi connectivity index (χ4n) is 1.28. The molecule has 0 aliphatic rings. The third kappa shape index (κ3) is 9.04. The van der Waals surface area contributed by atoms with Crippen molar-refractivity contribution in [2.24, 2.45) is 0 Å². The quantitative estimate of drug-likeness (QED) is 0.196. The van der Waals surface area contributed by atoms with Crippen LogP contribution in [0.2, 0.25) is 0 Å². The molecule has 0 aliphatic carbocycles. The monoisotopic (exact) mass is 445 g/mol. The van der Waals surface area contributed by atoms with Crippen molar-refractivity contribution in [1.29, 1.82) is 0 Å². The van der Waals surface area contributed by atoms with Crippen LogP contribution in [-0.2, 0) is 36.9 Å². The molecule has 2 atom stereocenters. The van der Waals surface area contributed by atoms with E-state index >= 15 is 0 Å². The van der Waals surface area contributed by atoms with Gasteiger partial charge >= 0.3 is 16.8 Å². The first kappa shape index (κ1) is 28.4. The Balaban J connectivity index is -0.000000346. The van der Waals surface area contributed by atoms with Crippen molar-refractivity contribution in [2.75, 3.05) is 0 Å². The van der Waals surface area contributed by atoms with E-state index in [-0.39, 0.29) is 37.2 Å². The van der Waals surface area contributed by atoms with Crippen molar-refractivity contribution in [3.8, 4) is 0 Å². The number of pyridine rings is 2. The molecular weight excluding hydrogens is 429 g/mol. The molecule has 0 amide bonds. The molecule has 12 nitrogen and oxygen atoms in total. The summed E-state index contributed by atoms with van der Waals surface area (Å²) < 4.78 is 21.0. The van der Waals surface area contributed by atoms with Gasteiger partial charge in [-0.25, -0.2) is 0 Å². The minimum atomic E-state index is -4.66. The summed E-state index contributed by atoms with van der Waals surface area (Å²) in [5, 5.41) is 21.3. The molecule has 0 aromatic carbocycles. The zero-order valence-corrected chi connectivity index (χ0v) is 15.1. The first-order chi connectivity index (χ1) is 10.0. The Morgan fingerprint density at radius 3 is 1.20 bits per heavy atom. The van der Waals surface area contributed by atoms with Gasteiger partial charge in [-0.2, -0.15) is 9.46 Å². The summed E-state index contributed by atoms with van der Waals surface area (Å²) in [4.78, 5) is 37.7. The summed E-state index contributed by atoms with van der Waals surface area (Å²) in [6.45, 7) is 0. The third-order valence-corrected chi connectivity index (χ3v) is 4.04. The van der Waals surface area contributed by atoms with Gasteiger partial charge in [0.2, 0.25) is 15.2 Å². The van der Waals surface area contributed by atoms with Gasteiger partial charge in [0, 0.05) is 24.3 Å². The first-order valence-corrected chi connectivity index (χ1v) is 8.64. The van der Waals surface area contributed by atoms with E-state index in [1.807, 2.05) is 0 Å². The topological polar surface area (TPSA) is 241 Å². The van der Waals surface area contributed by atoms with Crippen molar-refractivity contribution >= 4 is 26.1 Å². The van der Waals surface area contributed by atoms with Gasteiger partial charge in [0.1, 0.15) is 0 Å². The van der Waals surface area contributed by atoms with E-state index in [1.165, 1.54) is 24.3 Å². The number of aromatic nitrogens is 2. The predicted octanol–water partition coefficient (Wildman–Crippen LogP) is -4.86. The average molecular weight is 445 g/mol. The first-order valence-electron chi connectivity index (χ1n) is 5.48. The number of rotatable bonds is 2. The van der Waals surface area contributed by atoms with E-state index in [2.05, 4.69) is 0 Å². The SMILES string of the molecule is O=P([O-])(O)c1cccc[n+]1[O-].O=P([O-])(O)c1cccc[n+]1[O-].[Co+2].[OH3+].[OH3+]. The molecule has 2 heterocycles. The van der Waals surface area contributed by atoms with E-state index in [0.29, 0.717) is 0 Å². The van der Waals surface area contributed by atoms with Crippen LogP contribution in [-0.4, -0.2) is 9.79 Å².